The zero-order chi connectivity index (χ0) is 24.8. The fraction of sp³-hybridized carbons (Fsp3) is 1.00. The van der Waals surface area contributed by atoms with Crippen LogP contribution in [0.3, 0.4) is 0 Å². The quantitative estimate of drug-likeness (QED) is 0.0987. The maximum Gasteiger partial charge on any atom is 0.328 e. The first-order valence-electron chi connectivity index (χ1n) is 11.1. The van der Waals surface area contributed by atoms with Crippen molar-refractivity contribution < 1.29 is 63.9 Å². The molecule has 14 heteroatoms. The van der Waals surface area contributed by atoms with Crippen molar-refractivity contribution in [2.24, 2.45) is 0 Å². The van der Waals surface area contributed by atoms with Crippen LogP contribution in [0, 0.1) is 0 Å². The van der Waals surface area contributed by atoms with Crippen LogP contribution in [0.25, 0.3) is 0 Å². The zero-order valence-electron chi connectivity index (χ0n) is 18.5. The van der Waals surface area contributed by atoms with E-state index in [-0.39, 0.29) is 6.16 Å². The van der Waals surface area contributed by atoms with Crippen LogP contribution < -0.4 is 0 Å². The Hall–Kier alpha value is -0.250. The van der Waals surface area contributed by atoms with Crippen LogP contribution in [-0.4, -0.2) is 121 Å². The molecule has 10 atom stereocenters. The van der Waals surface area contributed by atoms with Crippen LogP contribution in [0.2, 0.25) is 0 Å². The Kier molecular flexibility index (Phi) is 11.1. The minimum absolute atomic E-state index is 0.0887. The zero-order valence-corrected chi connectivity index (χ0v) is 19.4. The minimum atomic E-state index is -3.99. The van der Waals surface area contributed by atoms with Gasteiger partial charge in [0.1, 0.15) is 49.3 Å². The van der Waals surface area contributed by atoms with E-state index in [0.717, 1.165) is 25.7 Å². The smallest absolute Gasteiger partial charge is 0.328 e. The molecule has 0 aromatic heterocycles. The molecule has 2 aliphatic rings. The van der Waals surface area contributed by atoms with Gasteiger partial charge >= 0.3 is 7.60 Å². The first-order valence-corrected chi connectivity index (χ1v) is 12.9. The Labute approximate surface area is 192 Å². The predicted octanol–water partition coefficient (Wildman–Crippen LogP) is -2.22. The van der Waals surface area contributed by atoms with E-state index in [0.29, 0.717) is 6.42 Å². The molecule has 1 unspecified atom stereocenters. The molecule has 0 radical (unpaired) electrons. The molecule has 8 N–H and O–H groups in total. The second kappa shape index (κ2) is 12.6. The van der Waals surface area contributed by atoms with Crippen LogP contribution >= 0.6 is 7.60 Å². The van der Waals surface area contributed by atoms with E-state index in [2.05, 4.69) is 6.92 Å². The van der Waals surface area contributed by atoms with Crippen molar-refractivity contribution in [2.75, 3.05) is 26.0 Å². The molecule has 2 heterocycles. The number of hydrogen-bond acceptors (Lipinski definition) is 12. The second-order valence-electron chi connectivity index (χ2n) is 8.45. The Balaban J connectivity index is 1.99. The number of hydrogen-bond donors (Lipinski definition) is 8. The highest BCUT2D eigenvalue weighted by Crippen LogP contribution is 2.44. The van der Waals surface area contributed by atoms with Crippen molar-refractivity contribution in [1.29, 1.82) is 0 Å². The van der Waals surface area contributed by atoms with E-state index in [9.17, 15) is 45.2 Å². The van der Waals surface area contributed by atoms with Gasteiger partial charge < -0.3 is 59.4 Å². The molecule has 2 fully saturated rings. The normalized spacial score (nSPS) is 41.2. The van der Waals surface area contributed by atoms with Crippen molar-refractivity contribution >= 4 is 7.60 Å². The summed E-state index contributed by atoms with van der Waals surface area (Å²) in [6.45, 7) is -0.315. The predicted molar refractivity (Wildman–Crippen MR) is 111 cm³/mol. The van der Waals surface area contributed by atoms with E-state index in [1.54, 1.807) is 0 Å². The summed E-state index contributed by atoms with van der Waals surface area (Å²) in [6, 6.07) is 0. The SMILES string of the molecule is CCCCCCCP(=O)(O)OC[C@H]1O[C@@](CO)(O[C@H]2O[C@H](CO)[C@@H](O)[C@H](O)[C@H]2O)[C@@H](O)[C@@H]1O. The van der Waals surface area contributed by atoms with Crippen molar-refractivity contribution in [3.05, 3.63) is 0 Å². The van der Waals surface area contributed by atoms with E-state index in [1.807, 2.05) is 0 Å². The Bertz CT molecular complexity index is 637. The van der Waals surface area contributed by atoms with Crippen LogP contribution in [0.4, 0.5) is 0 Å². The fourth-order valence-corrected chi connectivity index (χ4v) is 4.92. The standard InChI is InChI=1S/C19H37O13P/c1-2-3-4-5-6-7-33(27,28)29-9-12-14(23)17(26)19(10-21,31-12)32-18-16(25)15(24)13(22)11(8-20)30-18/h11-18,20-26H,2-10H2,1H3,(H,27,28)/t11-,12-,13-,14-,15+,16-,17+,18-,19+/m1/s1. The van der Waals surface area contributed by atoms with Crippen molar-refractivity contribution in [3.63, 3.8) is 0 Å². The third kappa shape index (κ3) is 7.14. The molecule has 33 heavy (non-hydrogen) atoms. The summed E-state index contributed by atoms with van der Waals surface area (Å²) in [5, 5.41) is 69.8. The Morgan fingerprint density at radius 3 is 2.18 bits per heavy atom. The first kappa shape index (κ1) is 29.0. The van der Waals surface area contributed by atoms with E-state index < -0.39 is 82.2 Å². The highest BCUT2D eigenvalue weighted by Gasteiger charge is 2.58. The van der Waals surface area contributed by atoms with Crippen LogP contribution in [0.15, 0.2) is 0 Å². The molecular formula is C19H37O13P. The van der Waals surface area contributed by atoms with Gasteiger partial charge in [-0.05, 0) is 6.42 Å². The molecule has 2 rings (SSSR count). The van der Waals surface area contributed by atoms with E-state index in [1.165, 1.54) is 0 Å². The number of aliphatic hydroxyl groups is 7. The minimum Gasteiger partial charge on any atom is -0.394 e. The largest absolute Gasteiger partial charge is 0.394 e. The number of unbranched alkanes of at least 4 members (excludes halogenated alkanes) is 4. The van der Waals surface area contributed by atoms with Gasteiger partial charge in [-0.3, -0.25) is 4.57 Å². The monoisotopic (exact) mass is 504 g/mol. The Morgan fingerprint density at radius 1 is 0.909 bits per heavy atom. The van der Waals surface area contributed by atoms with E-state index in [4.69, 9.17) is 18.7 Å². The summed E-state index contributed by atoms with van der Waals surface area (Å²) in [7, 11) is -3.99. The molecule has 2 saturated heterocycles. The van der Waals surface area contributed by atoms with Gasteiger partial charge in [-0.15, -0.1) is 0 Å². The summed E-state index contributed by atoms with van der Waals surface area (Å²) < 4.78 is 33.3. The average Bonchev–Trinajstić information content (AvgIpc) is 3.03. The van der Waals surface area contributed by atoms with Gasteiger partial charge in [0.15, 0.2) is 6.29 Å². The Morgan fingerprint density at radius 2 is 1.58 bits per heavy atom. The lowest BCUT2D eigenvalue weighted by Gasteiger charge is -2.43. The maximum absolute atomic E-state index is 12.2. The third-order valence-corrected chi connectivity index (χ3v) is 7.31. The second-order valence-corrected chi connectivity index (χ2v) is 10.4. The highest BCUT2D eigenvalue weighted by molar-refractivity contribution is 7.52. The molecular weight excluding hydrogens is 467 g/mol. The lowest BCUT2D eigenvalue weighted by Crippen LogP contribution is -2.62. The van der Waals surface area contributed by atoms with Gasteiger partial charge in [0, 0.05) is 6.16 Å². The van der Waals surface area contributed by atoms with Crippen LogP contribution in [0.1, 0.15) is 39.0 Å². The number of aliphatic hydroxyl groups excluding tert-OH is 7. The highest BCUT2D eigenvalue weighted by atomic mass is 31.2. The number of ether oxygens (including phenoxy) is 3. The van der Waals surface area contributed by atoms with Gasteiger partial charge in [0.05, 0.1) is 13.2 Å². The molecule has 0 saturated carbocycles. The van der Waals surface area contributed by atoms with Crippen molar-refractivity contribution in [2.45, 2.75) is 93.8 Å². The van der Waals surface area contributed by atoms with Crippen molar-refractivity contribution in [3.8, 4) is 0 Å². The lowest BCUT2D eigenvalue weighted by atomic mass is 9.99. The summed E-state index contributed by atoms with van der Waals surface area (Å²) in [6.07, 6.45) is -9.19. The first-order chi connectivity index (χ1) is 15.5. The molecule has 13 nitrogen and oxygen atoms in total. The van der Waals surface area contributed by atoms with Gasteiger partial charge in [0.2, 0.25) is 5.79 Å². The van der Waals surface area contributed by atoms with Gasteiger partial charge in [-0.25, -0.2) is 0 Å². The lowest BCUT2D eigenvalue weighted by molar-refractivity contribution is -0.383. The number of rotatable bonds is 13. The molecule has 0 aliphatic carbocycles. The molecule has 2 aliphatic heterocycles. The average molecular weight is 504 g/mol. The summed E-state index contributed by atoms with van der Waals surface area (Å²) in [4.78, 5) is 10.0. The molecule has 196 valence electrons. The molecule has 0 bridgehead atoms. The van der Waals surface area contributed by atoms with E-state index >= 15 is 0 Å². The summed E-state index contributed by atoms with van der Waals surface area (Å²) in [5.41, 5.74) is 0. The van der Waals surface area contributed by atoms with Gasteiger partial charge in [-0.1, -0.05) is 32.6 Å². The molecule has 0 aromatic rings. The molecule has 0 amide bonds. The topological polar surface area (TPSA) is 216 Å². The van der Waals surface area contributed by atoms with Crippen LogP contribution in [-0.2, 0) is 23.3 Å². The molecule has 0 spiro atoms. The maximum atomic E-state index is 12.2. The van der Waals surface area contributed by atoms with Crippen molar-refractivity contribution in [1.82, 2.24) is 0 Å². The summed E-state index contributed by atoms with van der Waals surface area (Å²) >= 11 is 0. The fourth-order valence-electron chi connectivity index (χ4n) is 3.79. The molecule has 0 aromatic carbocycles. The van der Waals surface area contributed by atoms with Gasteiger partial charge in [-0.2, -0.15) is 0 Å². The summed E-state index contributed by atoms with van der Waals surface area (Å²) in [5.74, 6) is -2.35. The van der Waals surface area contributed by atoms with Crippen LogP contribution in [0.5, 0.6) is 0 Å². The van der Waals surface area contributed by atoms with Gasteiger partial charge in [0.25, 0.3) is 0 Å². The third-order valence-electron chi connectivity index (χ3n) is 5.88.